The highest BCUT2D eigenvalue weighted by Crippen LogP contribution is 2.45. The fraction of sp³-hybridized carbons (Fsp3) is 1.00. The Balaban J connectivity index is 2.58. The van der Waals surface area contributed by atoms with E-state index >= 15 is 0 Å². The summed E-state index contributed by atoms with van der Waals surface area (Å²) in [6.07, 6.45) is 4.01. The van der Waals surface area contributed by atoms with Crippen LogP contribution in [0, 0.1) is 23.2 Å². The molecule has 0 radical (unpaired) electrons. The number of halogens is 1. The minimum absolute atomic E-state index is 0.376. The molecule has 0 aromatic heterocycles. The Labute approximate surface area is 94.4 Å². The van der Waals surface area contributed by atoms with Gasteiger partial charge in [0, 0.05) is 5.38 Å². The number of hydrogen-bond donors (Lipinski definition) is 0. The molecule has 0 nitrogen and oxygen atoms in total. The first-order valence-electron chi connectivity index (χ1n) is 5.97. The van der Waals surface area contributed by atoms with Crippen LogP contribution in [0.5, 0.6) is 0 Å². The Hall–Kier alpha value is 0.290. The standard InChI is InChI=1S/C13H25Cl/c1-9(2)12(14)11-6-7-13(4,5)8-10(11)3/h9-12H,6-8H2,1-5H3. The van der Waals surface area contributed by atoms with Crippen molar-refractivity contribution >= 4 is 11.6 Å². The Morgan fingerprint density at radius 2 is 1.86 bits per heavy atom. The fourth-order valence-electron chi connectivity index (χ4n) is 2.93. The fourth-order valence-corrected chi connectivity index (χ4v) is 3.31. The van der Waals surface area contributed by atoms with Crippen LogP contribution in [0.3, 0.4) is 0 Å². The highest BCUT2D eigenvalue weighted by Gasteiger charge is 2.36. The van der Waals surface area contributed by atoms with Crippen LogP contribution in [0.1, 0.15) is 53.9 Å². The lowest BCUT2D eigenvalue weighted by molar-refractivity contribution is 0.117. The first-order valence-corrected chi connectivity index (χ1v) is 6.41. The molecule has 3 unspecified atom stereocenters. The van der Waals surface area contributed by atoms with Crippen molar-refractivity contribution in [2.45, 2.75) is 59.3 Å². The van der Waals surface area contributed by atoms with Crippen molar-refractivity contribution in [1.82, 2.24) is 0 Å². The van der Waals surface area contributed by atoms with Gasteiger partial charge in [-0.15, -0.1) is 11.6 Å². The lowest BCUT2D eigenvalue weighted by Crippen LogP contribution is -2.35. The van der Waals surface area contributed by atoms with Crippen molar-refractivity contribution in [2.24, 2.45) is 23.2 Å². The molecule has 1 aliphatic rings. The third-order valence-corrected chi connectivity index (χ3v) is 4.63. The molecule has 0 spiro atoms. The summed E-state index contributed by atoms with van der Waals surface area (Å²) < 4.78 is 0. The van der Waals surface area contributed by atoms with Gasteiger partial charge in [-0.2, -0.15) is 0 Å². The molecule has 1 fully saturated rings. The molecular weight excluding hydrogens is 192 g/mol. The topological polar surface area (TPSA) is 0 Å². The molecule has 0 aromatic rings. The summed E-state index contributed by atoms with van der Waals surface area (Å²) in [4.78, 5) is 0. The van der Waals surface area contributed by atoms with E-state index in [0.717, 1.165) is 11.8 Å². The van der Waals surface area contributed by atoms with E-state index in [4.69, 9.17) is 11.6 Å². The minimum Gasteiger partial charge on any atom is -0.122 e. The molecule has 0 N–H and O–H groups in total. The smallest absolute Gasteiger partial charge is 0.0389 e. The van der Waals surface area contributed by atoms with Crippen LogP contribution in [0.4, 0.5) is 0 Å². The van der Waals surface area contributed by atoms with Crippen molar-refractivity contribution in [3.63, 3.8) is 0 Å². The van der Waals surface area contributed by atoms with Crippen molar-refractivity contribution in [2.75, 3.05) is 0 Å². The first-order chi connectivity index (χ1) is 6.33. The molecule has 0 bridgehead atoms. The van der Waals surface area contributed by atoms with Crippen molar-refractivity contribution in [3.8, 4) is 0 Å². The molecule has 1 rings (SSSR count). The van der Waals surface area contributed by atoms with Gasteiger partial charge in [0.15, 0.2) is 0 Å². The van der Waals surface area contributed by atoms with Gasteiger partial charge in [0.05, 0.1) is 0 Å². The van der Waals surface area contributed by atoms with E-state index in [9.17, 15) is 0 Å². The van der Waals surface area contributed by atoms with Gasteiger partial charge in [-0.05, 0) is 42.4 Å². The summed E-state index contributed by atoms with van der Waals surface area (Å²) >= 11 is 6.48. The largest absolute Gasteiger partial charge is 0.122 e. The molecule has 1 saturated carbocycles. The van der Waals surface area contributed by atoms with E-state index in [1.54, 1.807) is 0 Å². The molecule has 0 amide bonds. The van der Waals surface area contributed by atoms with Gasteiger partial charge >= 0.3 is 0 Å². The Bertz CT molecular complexity index is 184. The van der Waals surface area contributed by atoms with E-state index < -0.39 is 0 Å². The van der Waals surface area contributed by atoms with E-state index in [-0.39, 0.29) is 0 Å². The molecule has 84 valence electrons. The monoisotopic (exact) mass is 216 g/mol. The highest BCUT2D eigenvalue weighted by molar-refractivity contribution is 6.21. The van der Waals surface area contributed by atoms with Gasteiger partial charge in [0.2, 0.25) is 0 Å². The lowest BCUT2D eigenvalue weighted by atomic mass is 9.66. The SMILES string of the molecule is CC(C)C(Cl)C1CCC(C)(C)CC1C. The molecule has 0 aromatic carbocycles. The van der Waals surface area contributed by atoms with Crippen LogP contribution in [0.15, 0.2) is 0 Å². The zero-order valence-electron chi connectivity index (χ0n) is 10.3. The van der Waals surface area contributed by atoms with Gasteiger partial charge in [-0.1, -0.05) is 34.6 Å². The zero-order chi connectivity index (χ0) is 10.9. The summed E-state index contributed by atoms with van der Waals surface area (Å²) in [6.45, 7) is 11.6. The van der Waals surface area contributed by atoms with Gasteiger partial charge < -0.3 is 0 Å². The number of alkyl halides is 1. The van der Waals surface area contributed by atoms with Crippen LogP contribution < -0.4 is 0 Å². The number of rotatable bonds is 2. The van der Waals surface area contributed by atoms with Crippen molar-refractivity contribution in [1.29, 1.82) is 0 Å². The summed E-state index contributed by atoms with van der Waals surface area (Å²) in [5.41, 5.74) is 0.545. The van der Waals surface area contributed by atoms with Gasteiger partial charge in [0.1, 0.15) is 0 Å². The Kier molecular flexibility index (Phi) is 3.91. The van der Waals surface area contributed by atoms with Crippen molar-refractivity contribution in [3.05, 3.63) is 0 Å². The maximum Gasteiger partial charge on any atom is 0.0389 e. The quantitative estimate of drug-likeness (QED) is 0.587. The second-order valence-corrected chi connectivity index (χ2v) is 6.74. The van der Waals surface area contributed by atoms with E-state index in [1.807, 2.05) is 0 Å². The van der Waals surface area contributed by atoms with E-state index in [1.165, 1.54) is 19.3 Å². The van der Waals surface area contributed by atoms with Gasteiger partial charge in [-0.25, -0.2) is 0 Å². The maximum atomic E-state index is 6.48. The second kappa shape index (κ2) is 4.43. The predicted molar refractivity (Wildman–Crippen MR) is 64.8 cm³/mol. The normalized spacial score (nSPS) is 34.5. The molecule has 0 heterocycles. The predicted octanol–water partition coefficient (Wildman–Crippen LogP) is 4.71. The van der Waals surface area contributed by atoms with Crippen LogP contribution in [-0.4, -0.2) is 5.38 Å². The summed E-state index contributed by atoms with van der Waals surface area (Å²) in [6, 6.07) is 0. The van der Waals surface area contributed by atoms with E-state index in [2.05, 4.69) is 34.6 Å². The number of hydrogen-bond acceptors (Lipinski definition) is 0. The Morgan fingerprint density at radius 3 is 2.29 bits per heavy atom. The molecule has 0 aliphatic heterocycles. The lowest BCUT2D eigenvalue weighted by Gasteiger charge is -2.42. The molecule has 1 aliphatic carbocycles. The third kappa shape index (κ3) is 2.89. The summed E-state index contributed by atoms with van der Waals surface area (Å²) in [5.74, 6) is 2.15. The van der Waals surface area contributed by atoms with Crippen molar-refractivity contribution < 1.29 is 0 Å². The average Bonchev–Trinajstić information content (AvgIpc) is 2.01. The molecular formula is C13H25Cl. The van der Waals surface area contributed by atoms with Gasteiger partial charge in [0.25, 0.3) is 0 Å². The zero-order valence-corrected chi connectivity index (χ0v) is 11.1. The first kappa shape index (κ1) is 12.4. The third-order valence-electron chi connectivity index (χ3n) is 3.81. The average molecular weight is 217 g/mol. The van der Waals surface area contributed by atoms with Gasteiger partial charge in [-0.3, -0.25) is 0 Å². The van der Waals surface area contributed by atoms with E-state index in [0.29, 0.717) is 16.7 Å². The summed E-state index contributed by atoms with van der Waals surface area (Å²) in [5, 5.41) is 0.376. The molecule has 1 heteroatoms. The summed E-state index contributed by atoms with van der Waals surface area (Å²) in [7, 11) is 0. The minimum atomic E-state index is 0.376. The molecule has 3 atom stereocenters. The maximum absolute atomic E-state index is 6.48. The highest BCUT2D eigenvalue weighted by atomic mass is 35.5. The molecule has 14 heavy (non-hydrogen) atoms. The van der Waals surface area contributed by atoms with Crippen LogP contribution in [0.25, 0.3) is 0 Å². The van der Waals surface area contributed by atoms with Crippen LogP contribution >= 0.6 is 11.6 Å². The van der Waals surface area contributed by atoms with Crippen LogP contribution in [-0.2, 0) is 0 Å². The second-order valence-electron chi connectivity index (χ2n) is 6.24. The van der Waals surface area contributed by atoms with Crippen LogP contribution in [0.2, 0.25) is 0 Å². The molecule has 0 saturated heterocycles. The Morgan fingerprint density at radius 1 is 1.29 bits per heavy atom.